The van der Waals surface area contributed by atoms with Gasteiger partial charge in [-0.15, -0.1) is 0 Å². The highest BCUT2D eigenvalue weighted by Crippen LogP contribution is 2.18. The van der Waals surface area contributed by atoms with Gasteiger partial charge in [0.25, 0.3) is 0 Å². The lowest BCUT2D eigenvalue weighted by Gasteiger charge is -2.16. The number of esters is 4. The van der Waals surface area contributed by atoms with Crippen LogP contribution in [-0.4, -0.2) is 50.3 Å². The van der Waals surface area contributed by atoms with Gasteiger partial charge in [-0.25, -0.2) is 19.2 Å². The number of benzene rings is 2. The lowest BCUT2D eigenvalue weighted by atomic mass is 10.0. The number of carbonyl (C=O) groups is 4. The molecule has 2 rings (SSSR count). The van der Waals surface area contributed by atoms with Crippen LogP contribution in [0, 0.1) is 11.8 Å². The number of rotatable bonds is 19. The molecule has 0 saturated carbocycles. The van der Waals surface area contributed by atoms with Gasteiger partial charge in [0.05, 0.1) is 35.5 Å². The largest absolute Gasteiger partial charge is 0.462 e. The van der Waals surface area contributed by atoms with Gasteiger partial charge in [-0.2, -0.15) is 0 Å². The van der Waals surface area contributed by atoms with E-state index in [1.54, 1.807) is 24.3 Å². The Morgan fingerprint density at radius 1 is 0.524 bits per heavy atom. The van der Waals surface area contributed by atoms with E-state index in [1.807, 2.05) is 0 Å². The van der Waals surface area contributed by atoms with Gasteiger partial charge in [0.2, 0.25) is 0 Å². The van der Waals surface area contributed by atoms with Gasteiger partial charge in [-0.1, -0.05) is 90.5 Å². The molecule has 0 aromatic heterocycles. The van der Waals surface area contributed by atoms with Crippen LogP contribution in [0.1, 0.15) is 120 Å². The first-order valence-corrected chi connectivity index (χ1v) is 15.2. The zero-order chi connectivity index (χ0) is 30.7. The number of hydrogen-bond acceptors (Lipinski definition) is 8. The third-order valence-corrected chi connectivity index (χ3v) is 7.27. The SMILES string of the molecule is CCCCC(CC)COC(=O)c1ccccc1C(=O)OCCOC(=O)c1ccccc1C(=O)OCC(CC)CCCC. The lowest BCUT2D eigenvalue weighted by Crippen LogP contribution is -2.20. The monoisotopic (exact) mass is 582 g/mol. The van der Waals surface area contributed by atoms with Crippen molar-refractivity contribution in [3.8, 4) is 0 Å². The molecule has 2 aromatic rings. The van der Waals surface area contributed by atoms with Crippen LogP contribution >= 0.6 is 0 Å². The summed E-state index contributed by atoms with van der Waals surface area (Å²) in [5, 5.41) is 0. The fourth-order valence-electron chi connectivity index (χ4n) is 4.44. The highest BCUT2D eigenvalue weighted by molar-refractivity contribution is 6.04. The van der Waals surface area contributed by atoms with E-state index in [0.717, 1.165) is 51.4 Å². The number of carbonyl (C=O) groups excluding carboxylic acids is 4. The van der Waals surface area contributed by atoms with Gasteiger partial charge in [0.15, 0.2) is 0 Å². The van der Waals surface area contributed by atoms with Gasteiger partial charge in [-0.3, -0.25) is 0 Å². The summed E-state index contributed by atoms with van der Waals surface area (Å²) in [6.45, 7) is 8.49. The normalized spacial score (nSPS) is 12.2. The summed E-state index contributed by atoms with van der Waals surface area (Å²) in [6.07, 6.45) is 8.05. The van der Waals surface area contributed by atoms with Gasteiger partial charge < -0.3 is 18.9 Å². The maximum Gasteiger partial charge on any atom is 0.339 e. The van der Waals surface area contributed by atoms with Crippen LogP contribution in [0.4, 0.5) is 0 Å². The molecule has 0 aliphatic heterocycles. The van der Waals surface area contributed by atoms with Crippen LogP contribution < -0.4 is 0 Å². The average molecular weight is 583 g/mol. The molecule has 230 valence electrons. The second-order valence-electron chi connectivity index (χ2n) is 10.4. The lowest BCUT2D eigenvalue weighted by molar-refractivity contribution is 0.0256. The summed E-state index contributed by atoms with van der Waals surface area (Å²) in [5.41, 5.74) is 0.398. The molecule has 0 N–H and O–H groups in total. The van der Waals surface area contributed by atoms with Crippen LogP contribution in [-0.2, 0) is 18.9 Å². The topological polar surface area (TPSA) is 105 Å². The minimum Gasteiger partial charge on any atom is -0.462 e. The molecule has 8 heteroatoms. The first-order chi connectivity index (χ1) is 20.4. The molecule has 0 spiro atoms. The van der Waals surface area contributed by atoms with Crippen molar-refractivity contribution < 1.29 is 38.1 Å². The number of hydrogen-bond donors (Lipinski definition) is 0. The second-order valence-corrected chi connectivity index (χ2v) is 10.4. The third kappa shape index (κ3) is 11.3. The summed E-state index contributed by atoms with van der Waals surface area (Å²) in [7, 11) is 0. The van der Waals surface area contributed by atoms with E-state index in [4.69, 9.17) is 18.9 Å². The van der Waals surface area contributed by atoms with Gasteiger partial charge >= 0.3 is 23.9 Å². The Morgan fingerprint density at radius 2 is 0.833 bits per heavy atom. The van der Waals surface area contributed by atoms with E-state index in [-0.39, 0.29) is 47.3 Å². The Hall–Kier alpha value is -3.68. The van der Waals surface area contributed by atoms with Crippen LogP contribution in [0.15, 0.2) is 48.5 Å². The Morgan fingerprint density at radius 3 is 1.12 bits per heavy atom. The van der Waals surface area contributed by atoms with Crippen molar-refractivity contribution in [2.24, 2.45) is 11.8 Å². The van der Waals surface area contributed by atoms with Gasteiger partial charge in [-0.05, 0) is 48.9 Å². The molecule has 0 aliphatic carbocycles. The maximum absolute atomic E-state index is 12.7. The summed E-state index contributed by atoms with van der Waals surface area (Å²) in [4.78, 5) is 51.0. The molecule has 0 fully saturated rings. The molecule has 0 amide bonds. The fourth-order valence-corrected chi connectivity index (χ4v) is 4.44. The molecule has 2 unspecified atom stereocenters. The van der Waals surface area contributed by atoms with Crippen molar-refractivity contribution in [3.05, 3.63) is 70.8 Å². The summed E-state index contributed by atoms with van der Waals surface area (Å²) in [6, 6.07) is 12.6. The molecule has 8 nitrogen and oxygen atoms in total. The smallest absolute Gasteiger partial charge is 0.339 e. The first-order valence-electron chi connectivity index (χ1n) is 15.2. The Kier molecular flexibility index (Phi) is 16.0. The Balaban J connectivity index is 1.90. The third-order valence-electron chi connectivity index (χ3n) is 7.27. The standard InChI is InChI=1S/C34H46O8/c1-5-9-15-25(7-3)23-41-33(37)29-19-13-11-17-27(29)31(35)39-21-22-40-32(36)28-18-12-14-20-30(28)34(38)42-24-26(8-4)16-10-6-2/h11-14,17-20,25-26H,5-10,15-16,21-24H2,1-4H3. The van der Waals surface area contributed by atoms with Crippen LogP contribution in [0.5, 0.6) is 0 Å². The quantitative estimate of drug-likeness (QED) is 0.0955. The van der Waals surface area contributed by atoms with E-state index in [0.29, 0.717) is 13.2 Å². The maximum atomic E-state index is 12.7. The predicted octanol–water partition coefficient (Wildman–Crippen LogP) is 7.45. The van der Waals surface area contributed by atoms with Crippen LogP contribution in [0.25, 0.3) is 0 Å². The second kappa shape index (κ2) is 19.4. The first kappa shape index (κ1) is 34.5. The fraction of sp³-hybridized carbons (Fsp3) is 0.529. The van der Waals surface area contributed by atoms with Crippen molar-refractivity contribution in [3.63, 3.8) is 0 Å². The molecule has 0 radical (unpaired) electrons. The molecule has 2 atom stereocenters. The molecular formula is C34H46O8. The van der Waals surface area contributed by atoms with E-state index in [1.165, 1.54) is 24.3 Å². The van der Waals surface area contributed by atoms with Crippen molar-refractivity contribution >= 4 is 23.9 Å². The summed E-state index contributed by atoms with van der Waals surface area (Å²) < 4.78 is 21.6. The predicted molar refractivity (Wildman–Crippen MR) is 161 cm³/mol. The van der Waals surface area contributed by atoms with Crippen molar-refractivity contribution in [1.29, 1.82) is 0 Å². The highest BCUT2D eigenvalue weighted by Gasteiger charge is 2.22. The van der Waals surface area contributed by atoms with E-state index in [9.17, 15) is 19.2 Å². The number of ether oxygens (including phenoxy) is 4. The van der Waals surface area contributed by atoms with Crippen molar-refractivity contribution in [2.75, 3.05) is 26.4 Å². The minimum atomic E-state index is -0.728. The van der Waals surface area contributed by atoms with E-state index >= 15 is 0 Å². The minimum absolute atomic E-state index is 0.0767. The van der Waals surface area contributed by atoms with Crippen molar-refractivity contribution in [1.82, 2.24) is 0 Å². The highest BCUT2D eigenvalue weighted by atomic mass is 16.6. The summed E-state index contributed by atoms with van der Waals surface area (Å²) in [5.74, 6) is -2.07. The van der Waals surface area contributed by atoms with E-state index < -0.39 is 23.9 Å². The molecule has 0 saturated heterocycles. The van der Waals surface area contributed by atoms with Gasteiger partial charge in [0.1, 0.15) is 13.2 Å². The van der Waals surface area contributed by atoms with E-state index in [2.05, 4.69) is 27.7 Å². The van der Waals surface area contributed by atoms with Gasteiger partial charge in [0, 0.05) is 0 Å². The molecule has 0 heterocycles. The molecule has 0 bridgehead atoms. The zero-order valence-corrected chi connectivity index (χ0v) is 25.5. The molecule has 2 aromatic carbocycles. The zero-order valence-electron chi connectivity index (χ0n) is 25.5. The molecule has 0 aliphatic rings. The molecular weight excluding hydrogens is 536 g/mol. The average Bonchev–Trinajstić information content (AvgIpc) is 3.02. The van der Waals surface area contributed by atoms with Crippen molar-refractivity contribution in [2.45, 2.75) is 79.1 Å². The Labute approximate surface area is 250 Å². The number of unbranched alkanes of at least 4 members (excludes halogenated alkanes) is 2. The van der Waals surface area contributed by atoms with Crippen LogP contribution in [0.2, 0.25) is 0 Å². The Bertz CT molecular complexity index is 1050. The summed E-state index contributed by atoms with van der Waals surface area (Å²) >= 11 is 0. The van der Waals surface area contributed by atoms with Crippen LogP contribution in [0.3, 0.4) is 0 Å². The molecule has 42 heavy (non-hydrogen) atoms.